The molecule has 0 spiro atoms. The number of rotatable bonds is 4. The number of halogens is 3. The van der Waals surface area contributed by atoms with E-state index in [2.05, 4.69) is 10.2 Å². The monoisotopic (exact) mass is 433 g/mol. The summed E-state index contributed by atoms with van der Waals surface area (Å²) >= 11 is 0. The summed E-state index contributed by atoms with van der Waals surface area (Å²) in [6.45, 7) is 1.62. The standard InChI is InChI=1S/C22H22F3N3O3/c23-22(24,25)15-6-4-14(5-7-15)12-19(29)27-10-8-16(9-11-27)28-13-26-20-17(21(30)31)2-1-3-18(20)28/h1-7,16,26H,8-13H2,(H,30,31). The number of hydrogen-bond donors (Lipinski definition) is 2. The maximum Gasteiger partial charge on any atom is 0.416 e. The number of carbonyl (C=O) groups excluding carboxylic acids is 1. The molecule has 2 aromatic rings. The van der Waals surface area contributed by atoms with Gasteiger partial charge in [-0.25, -0.2) is 4.79 Å². The SMILES string of the molecule is O=C(O)c1cccc2c1NCN2C1CCN(C(=O)Cc2ccc(C(F)(F)F)cc2)CC1. The van der Waals surface area contributed by atoms with Crippen molar-refractivity contribution in [1.29, 1.82) is 0 Å². The molecule has 4 rings (SSSR count). The van der Waals surface area contributed by atoms with Gasteiger partial charge in [-0.3, -0.25) is 4.79 Å². The highest BCUT2D eigenvalue weighted by atomic mass is 19.4. The molecule has 2 N–H and O–H groups in total. The average Bonchev–Trinajstić information content (AvgIpc) is 3.17. The molecule has 2 aliphatic rings. The fourth-order valence-corrected chi connectivity index (χ4v) is 4.24. The molecule has 0 aromatic heterocycles. The molecule has 2 aliphatic heterocycles. The molecule has 0 atom stereocenters. The number of nitrogens with one attached hydrogen (secondary N) is 1. The Bertz CT molecular complexity index is 984. The van der Waals surface area contributed by atoms with E-state index in [0.29, 0.717) is 31.0 Å². The van der Waals surface area contributed by atoms with Crippen molar-refractivity contribution < 1.29 is 27.9 Å². The molecule has 0 radical (unpaired) electrons. The third kappa shape index (κ3) is 4.30. The third-order valence-electron chi connectivity index (χ3n) is 5.90. The Balaban J connectivity index is 1.35. The zero-order valence-electron chi connectivity index (χ0n) is 16.7. The van der Waals surface area contributed by atoms with Crippen LogP contribution in [0.3, 0.4) is 0 Å². The molecule has 0 bridgehead atoms. The zero-order valence-corrected chi connectivity index (χ0v) is 16.7. The predicted molar refractivity (Wildman–Crippen MR) is 109 cm³/mol. The maximum absolute atomic E-state index is 12.7. The van der Waals surface area contributed by atoms with Gasteiger partial charge in [0.05, 0.1) is 35.6 Å². The van der Waals surface area contributed by atoms with Crippen LogP contribution in [0.2, 0.25) is 0 Å². The first-order chi connectivity index (χ1) is 14.7. The van der Waals surface area contributed by atoms with Crippen LogP contribution in [-0.4, -0.2) is 47.7 Å². The first-order valence-electron chi connectivity index (χ1n) is 10.0. The van der Waals surface area contributed by atoms with Crippen molar-refractivity contribution in [3.8, 4) is 0 Å². The number of amides is 1. The van der Waals surface area contributed by atoms with Crippen LogP contribution in [0.15, 0.2) is 42.5 Å². The average molecular weight is 433 g/mol. The van der Waals surface area contributed by atoms with Gasteiger partial charge in [0, 0.05) is 19.1 Å². The summed E-state index contributed by atoms with van der Waals surface area (Å²) in [4.78, 5) is 27.9. The van der Waals surface area contributed by atoms with Crippen LogP contribution in [0.5, 0.6) is 0 Å². The van der Waals surface area contributed by atoms with Crippen molar-refractivity contribution in [2.75, 3.05) is 30.0 Å². The molecule has 0 unspecified atom stereocenters. The third-order valence-corrected chi connectivity index (χ3v) is 5.90. The number of carboxylic acid groups (broad SMARTS) is 1. The Morgan fingerprint density at radius 3 is 2.35 bits per heavy atom. The van der Waals surface area contributed by atoms with Crippen molar-refractivity contribution in [2.45, 2.75) is 31.5 Å². The summed E-state index contributed by atoms with van der Waals surface area (Å²) in [6, 6.07) is 10.1. The minimum Gasteiger partial charge on any atom is -0.478 e. The topological polar surface area (TPSA) is 72.9 Å². The molecule has 164 valence electrons. The lowest BCUT2D eigenvalue weighted by atomic mass is 10.0. The molecule has 9 heteroatoms. The van der Waals surface area contributed by atoms with Gasteiger partial charge in [0.25, 0.3) is 0 Å². The minimum atomic E-state index is -4.39. The van der Waals surface area contributed by atoms with Gasteiger partial charge >= 0.3 is 12.1 Å². The van der Waals surface area contributed by atoms with Crippen molar-refractivity contribution in [3.63, 3.8) is 0 Å². The number of carboxylic acids is 1. The second-order valence-electron chi connectivity index (χ2n) is 7.79. The van der Waals surface area contributed by atoms with Crippen LogP contribution in [0.4, 0.5) is 24.5 Å². The summed E-state index contributed by atoms with van der Waals surface area (Å²) in [5.41, 5.74) is 1.54. The van der Waals surface area contributed by atoms with Gasteiger partial charge in [0.15, 0.2) is 0 Å². The maximum atomic E-state index is 12.7. The fourth-order valence-electron chi connectivity index (χ4n) is 4.24. The number of para-hydroxylation sites is 1. The van der Waals surface area contributed by atoms with Crippen LogP contribution in [-0.2, 0) is 17.4 Å². The van der Waals surface area contributed by atoms with Crippen LogP contribution in [0.25, 0.3) is 0 Å². The van der Waals surface area contributed by atoms with E-state index in [0.717, 1.165) is 30.7 Å². The van der Waals surface area contributed by atoms with E-state index in [1.54, 1.807) is 17.0 Å². The zero-order chi connectivity index (χ0) is 22.2. The van der Waals surface area contributed by atoms with Crippen molar-refractivity contribution in [1.82, 2.24) is 4.90 Å². The molecule has 2 aromatic carbocycles. The van der Waals surface area contributed by atoms with E-state index >= 15 is 0 Å². The molecule has 1 fully saturated rings. The second-order valence-corrected chi connectivity index (χ2v) is 7.79. The van der Waals surface area contributed by atoms with Gasteiger partial charge in [-0.1, -0.05) is 18.2 Å². The van der Waals surface area contributed by atoms with E-state index in [1.807, 2.05) is 6.07 Å². The number of likely N-dealkylation sites (tertiary alicyclic amines) is 1. The molecule has 0 aliphatic carbocycles. The number of alkyl halides is 3. The number of hydrogen-bond acceptors (Lipinski definition) is 4. The van der Waals surface area contributed by atoms with Crippen LogP contribution < -0.4 is 10.2 Å². The van der Waals surface area contributed by atoms with Gasteiger partial charge < -0.3 is 20.2 Å². The highest BCUT2D eigenvalue weighted by Gasteiger charge is 2.33. The van der Waals surface area contributed by atoms with E-state index < -0.39 is 17.7 Å². The summed E-state index contributed by atoms with van der Waals surface area (Å²) in [6.07, 6.45) is -2.86. The summed E-state index contributed by atoms with van der Waals surface area (Å²) in [5.74, 6) is -1.08. The molecular weight excluding hydrogens is 411 g/mol. The molecule has 1 saturated heterocycles. The molecule has 31 heavy (non-hydrogen) atoms. The van der Waals surface area contributed by atoms with E-state index in [4.69, 9.17) is 0 Å². The van der Waals surface area contributed by atoms with Crippen LogP contribution in [0, 0.1) is 0 Å². The lowest BCUT2D eigenvalue weighted by Crippen LogP contribution is -2.47. The Kier molecular flexibility index (Phi) is 5.51. The van der Waals surface area contributed by atoms with Crippen LogP contribution >= 0.6 is 0 Å². The summed E-state index contributed by atoms with van der Waals surface area (Å²) < 4.78 is 38.0. The Hall–Kier alpha value is -3.23. The van der Waals surface area contributed by atoms with E-state index in [-0.39, 0.29) is 23.9 Å². The number of piperidine rings is 1. The number of fused-ring (bicyclic) bond motifs is 1. The predicted octanol–water partition coefficient (Wildman–Crippen LogP) is 3.83. The van der Waals surface area contributed by atoms with Gasteiger partial charge in [-0.05, 0) is 42.7 Å². The largest absolute Gasteiger partial charge is 0.478 e. The van der Waals surface area contributed by atoms with Crippen molar-refractivity contribution in [2.24, 2.45) is 0 Å². The Morgan fingerprint density at radius 2 is 1.74 bits per heavy atom. The van der Waals surface area contributed by atoms with E-state index in [9.17, 15) is 27.9 Å². The summed E-state index contributed by atoms with van der Waals surface area (Å²) in [5, 5.41) is 12.5. The van der Waals surface area contributed by atoms with Crippen molar-refractivity contribution in [3.05, 3.63) is 59.2 Å². The van der Waals surface area contributed by atoms with Gasteiger partial charge in [0.1, 0.15) is 0 Å². The molecule has 0 saturated carbocycles. The number of nitrogens with zero attached hydrogens (tertiary/aromatic N) is 2. The molecule has 6 nitrogen and oxygen atoms in total. The molecular formula is C22H22F3N3O3. The number of aromatic carboxylic acids is 1. The number of benzene rings is 2. The Morgan fingerprint density at radius 1 is 1.06 bits per heavy atom. The fraction of sp³-hybridized carbons (Fsp3) is 0.364. The highest BCUT2D eigenvalue weighted by Crippen LogP contribution is 2.37. The number of anilines is 2. The van der Waals surface area contributed by atoms with Gasteiger partial charge in [-0.15, -0.1) is 0 Å². The second kappa shape index (κ2) is 8.13. The smallest absolute Gasteiger partial charge is 0.416 e. The normalized spacial score (nSPS) is 16.7. The van der Waals surface area contributed by atoms with E-state index in [1.165, 1.54) is 12.1 Å². The molecule has 2 heterocycles. The first kappa shape index (κ1) is 21.0. The Labute approximate surface area is 177 Å². The quantitative estimate of drug-likeness (QED) is 0.767. The van der Waals surface area contributed by atoms with Gasteiger partial charge in [0.2, 0.25) is 5.91 Å². The molecule has 1 amide bonds. The van der Waals surface area contributed by atoms with Crippen molar-refractivity contribution >= 4 is 23.3 Å². The van der Waals surface area contributed by atoms with Crippen LogP contribution in [0.1, 0.15) is 34.3 Å². The highest BCUT2D eigenvalue weighted by molar-refractivity contribution is 5.99. The summed E-state index contributed by atoms with van der Waals surface area (Å²) in [7, 11) is 0. The lowest BCUT2D eigenvalue weighted by Gasteiger charge is -2.37. The van der Waals surface area contributed by atoms with Gasteiger partial charge in [-0.2, -0.15) is 13.2 Å². The minimum absolute atomic E-state index is 0.0683. The lowest BCUT2D eigenvalue weighted by molar-refractivity contribution is -0.137. The first-order valence-corrected chi connectivity index (χ1v) is 10.0. The number of carbonyl (C=O) groups is 2.